The van der Waals surface area contributed by atoms with Crippen LogP contribution in [-0.2, 0) is 0 Å². The zero-order valence-electron chi connectivity index (χ0n) is 12.0. The molecule has 2 aromatic carbocycles. The largest absolute Gasteiger partial charge is 0.495 e. The van der Waals surface area contributed by atoms with E-state index >= 15 is 0 Å². The summed E-state index contributed by atoms with van der Waals surface area (Å²) < 4.78 is 6.94. The molecule has 3 aromatic rings. The number of thioether (sulfide) groups is 1. The Morgan fingerprint density at radius 1 is 1.23 bits per heavy atom. The summed E-state index contributed by atoms with van der Waals surface area (Å²) in [4.78, 5) is 17.5. The highest BCUT2D eigenvalue weighted by molar-refractivity contribution is 7.98. The molecular weight excluding hydrogens is 320 g/mol. The Hall–Kier alpha value is -1.98. The van der Waals surface area contributed by atoms with Crippen molar-refractivity contribution < 1.29 is 4.74 Å². The summed E-state index contributed by atoms with van der Waals surface area (Å²) in [5, 5.41) is 1.67. The van der Waals surface area contributed by atoms with Crippen LogP contribution in [0.1, 0.15) is 0 Å². The SMILES string of the molecule is COc1ccccc1-n1c(SC)nc2cc(Cl)ccc2c1=O. The molecule has 112 valence electrons. The van der Waals surface area contributed by atoms with Gasteiger partial charge >= 0.3 is 0 Å². The van der Waals surface area contributed by atoms with Crippen molar-refractivity contribution in [1.29, 1.82) is 0 Å². The first kappa shape index (κ1) is 14.9. The van der Waals surface area contributed by atoms with Gasteiger partial charge in [0.1, 0.15) is 5.75 Å². The van der Waals surface area contributed by atoms with Crippen molar-refractivity contribution in [3.8, 4) is 11.4 Å². The first-order valence-electron chi connectivity index (χ1n) is 6.55. The number of fused-ring (bicyclic) bond motifs is 1. The average Bonchev–Trinajstić information content (AvgIpc) is 2.54. The van der Waals surface area contributed by atoms with Crippen LogP contribution in [0.15, 0.2) is 52.4 Å². The van der Waals surface area contributed by atoms with Crippen molar-refractivity contribution in [1.82, 2.24) is 9.55 Å². The van der Waals surface area contributed by atoms with Crippen LogP contribution < -0.4 is 10.3 Å². The standard InChI is InChI=1S/C16H13ClN2O2S/c1-21-14-6-4-3-5-13(14)19-15(20)11-8-7-10(17)9-12(11)18-16(19)22-2/h3-9H,1-2H3. The fourth-order valence-electron chi connectivity index (χ4n) is 2.30. The van der Waals surface area contributed by atoms with Crippen molar-refractivity contribution in [2.24, 2.45) is 0 Å². The smallest absolute Gasteiger partial charge is 0.266 e. The fourth-order valence-corrected chi connectivity index (χ4v) is 3.02. The van der Waals surface area contributed by atoms with Crippen LogP contribution in [0.4, 0.5) is 0 Å². The van der Waals surface area contributed by atoms with E-state index in [0.29, 0.717) is 32.5 Å². The Morgan fingerprint density at radius 3 is 2.73 bits per heavy atom. The number of para-hydroxylation sites is 2. The molecular formula is C16H13ClN2O2S. The lowest BCUT2D eigenvalue weighted by atomic mass is 10.2. The number of ether oxygens (including phenoxy) is 1. The molecule has 3 rings (SSSR count). The molecule has 0 bridgehead atoms. The van der Waals surface area contributed by atoms with Gasteiger partial charge in [0.15, 0.2) is 5.16 Å². The third-order valence-electron chi connectivity index (χ3n) is 3.31. The summed E-state index contributed by atoms with van der Waals surface area (Å²) >= 11 is 7.39. The molecule has 0 spiro atoms. The highest BCUT2D eigenvalue weighted by atomic mass is 35.5. The van der Waals surface area contributed by atoms with Crippen molar-refractivity contribution in [3.63, 3.8) is 0 Å². The number of nitrogens with zero attached hydrogens (tertiary/aromatic N) is 2. The maximum Gasteiger partial charge on any atom is 0.266 e. The van der Waals surface area contributed by atoms with Gasteiger partial charge in [-0.3, -0.25) is 9.36 Å². The molecule has 6 heteroatoms. The molecule has 1 heterocycles. The predicted octanol–water partition coefficient (Wildman–Crippen LogP) is 3.77. The second-order valence-corrected chi connectivity index (χ2v) is 5.78. The number of hydrogen-bond acceptors (Lipinski definition) is 4. The van der Waals surface area contributed by atoms with Crippen LogP contribution in [0.3, 0.4) is 0 Å². The second-order valence-electron chi connectivity index (χ2n) is 4.57. The normalized spacial score (nSPS) is 10.9. The molecule has 22 heavy (non-hydrogen) atoms. The first-order chi connectivity index (χ1) is 10.7. The minimum atomic E-state index is -0.143. The number of benzene rings is 2. The third-order valence-corrected chi connectivity index (χ3v) is 4.18. The molecule has 0 atom stereocenters. The van der Waals surface area contributed by atoms with Gasteiger partial charge in [0.25, 0.3) is 5.56 Å². The third kappa shape index (κ3) is 2.46. The van der Waals surface area contributed by atoms with Crippen LogP contribution >= 0.6 is 23.4 Å². The van der Waals surface area contributed by atoms with Crippen LogP contribution in [0, 0.1) is 0 Å². The Balaban J connectivity index is 2.40. The molecule has 0 fully saturated rings. The summed E-state index contributed by atoms with van der Waals surface area (Å²) in [6.45, 7) is 0. The van der Waals surface area contributed by atoms with Crippen LogP contribution in [-0.4, -0.2) is 22.9 Å². The van der Waals surface area contributed by atoms with Gasteiger partial charge < -0.3 is 4.74 Å². The molecule has 0 N–H and O–H groups in total. The number of aromatic nitrogens is 2. The zero-order chi connectivity index (χ0) is 15.7. The van der Waals surface area contributed by atoms with Crippen LogP contribution in [0.5, 0.6) is 5.75 Å². The number of methoxy groups -OCH3 is 1. The predicted molar refractivity (Wildman–Crippen MR) is 90.7 cm³/mol. The average molecular weight is 333 g/mol. The molecule has 0 radical (unpaired) electrons. The number of rotatable bonds is 3. The van der Waals surface area contributed by atoms with Crippen molar-refractivity contribution in [3.05, 3.63) is 57.8 Å². The quantitative estimate of drug-likeness (QED) is 0.541. The maximum atomic E-state index is 12.9. The van der Waals surface area contributed by atoms with E-state index in [-0.39, 0.29) is 5.56 Å². The Morgan fingerprint density at radius 2 is 2.00 bits per heavy atom. The van der Waals surface area contributed by atoms with Gasteiger partial charge in [-0.05, 0) is 36.6 Å². The summed E-state index contributed by atoms with van der Waals surface area (Å²) in [6.07, 6.45) is 1.88. The maximum absolute atomic E-state index is 12.9. The Labute approximate surface area is 136 Å². The summed E-state index contributed by atoms with van der Waals surface area (Å²) in [5.41, 5.74) is 1.12. The molecule has 0 aliphatic rings. The molecule has 0 amide bonds. The highest BCUT2D eigenvalue weighted by Crippen LogP contribution is 2.26. The van der Waals surface area contributed by atoms with Crippen LogP contribution in [0.25, 0.3) is 16.6 Å². The number of halogens is 1. The van der Waals surface area contributed by atoms with E-state index in [1.807, 2.05) is 30.5 Å². The molecule has 0 saturated carbocycles. The molecule has 0 saturated heterocycles. The molecule has 1 aromatic heterocycles. The lowest BCUT2D eigenvalue weighted by molar-refractivity contribution is 0.411. The summed E-state index contributed by atoms with van der Waals surface area (Å²) in [5.74, 6) is 0.620. The van der Waals surface area contributed by atoms with E-state index in [1.165, 1.54) is 11.8 Å². The zero-order valence-corrected chi connectivity index (χ0v) is 13.6. The fraction of sp³-hybridized carbons (Fsp3) is 0.125. The topological polar surface area (TPSA) is 44.1 Å². The lowest BCUT2D eigenvalue weighted by Gasteiger charge is -2.14. The van der Waals surface area contributed by atoms with Crippen LogP contribution in [0.2, 0.25) is 5.02 Å². The monoisotopic (exact) mass is 332 g/mol. The first-order valence-corrected chi connectivity index (χ1v) is 8.15. The van der Waals surface area contributed by atoms with Gasteiger partial charge in [-0.2, -0.15) is 0 Å². The van der Waals surface area contributed by atoms with Crippen molar-refractivity contribution in [2.45, 2.75) is 5.16 Å². The van der Waals surface area contributed by atoms with Gasteiger partial charge in [-0.15, -0.1) is 0 Å². The van der Waals surface area contributed by atoms with Crippen molar-refractivity contribution in [2.75, 3.05) is 13.4 Å². The Kier molecular flexibility index (Phi) is 4.09. The van der Waals surface area contributed by atoms with E-state index in [0.717, 1.165) is 0 Å². The van der Waals surface area contributed by atoms with Gasteiger partial charge in [-0.1, -0.05) is 35.5 Å². The number of hydrogen-bond donors (Lipinski definition) is 0. The molecule has 4 nitrogen and oxygen atoms in total. The van der Waals surface area contributed by atoms with E-state index in [4.69, 9.17) is 16.3 Å². The summed E-state index contributed by atoms with van der Waals surface area (Å²) in [7, 11) is 1.58. The van der Waals surface area contributed by atoms with Crippen molar-refractivity contribution >= 4 is 34.3 Å². The minimum Gasteiger partial charge on any atom is -0.495 e. The highest BCUT2D eigenvalue weighted by Gasteiger charge is 2.15. The molecule has 0 aliphatic carbocycles. The second kappa shape index (κ2) is 6.02. The van der Waals surface area contributed by atoms with Gasteiger partial charge in [0, 0.05) is 5.02 Å². The van der Waals surface area contributed by atoms with E-state index in [2.05, 4.69) is 4.98 Å². The van der Waals surface area contributed by atoms with E-state index in [1.54, 1.807) is 29.9 Å². The van der Waals surface area contributed by atoms with E-state index < -0.39 is 0 Å². The van der Waals surface area contributed by atoms with Gasteiger partial charge in [-0.25, -0.2) is 4.98 Å². The van der Waals surface area contributed by atoms with E-state index in [9.17, 15) is 4.79 Å². The minimum absolute atomic E-state index is 0.143. The van der Waals surface area contributed by atoms with Gasteiger partial charge in [0.2, 0.25) is 0 Å². The molecule has 0 aliphatic heterocycles. The van der Waals surface area contributed by atoms with Gasteiger partial charge in [0.05, 0.1) is 23.7 Å². The Bertz CT molecular complexity index is 908. The summed E-state index contributed by atoms with van der Waals surface area (Å²) in [6, 6.07) is 12.5. The molecule has 0 unspecified atom stereocenters. The lowest BCUT2D eigenvalue weighted by Crippen LogP contribution is -2.22.